The molecule has 2 aromatic rings. The van der Waals surface area contributed by atoms with Crippen LogP contribution < -0.4 is 5.32 Å². The van der Waals surface area contributed by atoms with Crippen LogP contribution in [0.4, 0.5) is 5.13 Å². The van der Waals surface area contributed by atoms with Crippen LogP contribution in [0.3, 0.4) is 0 Å². The Morgan fingerprint density at radius 2 is 2.06 bits per heavy atom. The molecule has 0 spiro atoms. The SMILES string of the molecule is CC(C)c1cnc(NCc2ccncc2)s1. The maximum Gasteiger partial charge on any atom is 0.183 e. The fourth-order valence-corrected chi connectivity index (χ4v) is 2.13. The molecule has 0 aromatic carbocycles. The smallest absolute Gasteiger partial charge is 0.183 e. The van der Waals surface area contributed by atoms with Gasteiger partial charge in [-0.1, -0.05) is 13.8 Å². The van der Waals surface area contributed by atoms with Crippen LogP contribution in [0.1, 0.15) is 30.2 Å². The molecule has 0 fully saturated rings. The van der Waals surface area contributed by atoms with Gasteiger partial charge in [-0.2, -0.15) is 0 Å². The Balaban J connectivity index is 1.95. The number of rotatable bonds is 4. The van der Waals surface area contributed by atoms with Crippen LogP contribution >= 0.6 is 11.3 Å². The first-order valence-corrected chi connectivity index (χ1v) is 6.16. The molecule has 0 bridgehead atoms. The molecule has 1 N–H and O–H groups in total. The lowest BCUT2D eigenvalue weighted by atomic mass is 10.2. The van der Waals surface area contributed by atoms with Crippen molar-refractivity contribution in [1.82, 2.24) is 9.97 Å². The minimum absolute atomic E-state index is 0.550. The summed E-state index contributed by atoms with van der Waals surface area (Å²) in [6.07, 6.45) is 5.56. The maximum atomic E-state index is 4.34. The van der Waals surface area contributed by atoms with Crippen molar-refractivity contribution < 1.29 is 0 Å². The number of anilines is 1. The van der Waals surface area contributed by atoms with E-state index in [-0.39, 0.29) is 0 Å². The number of hydrogen-bond acceptors (Lipinski definition) is 4. The minimum atomic E-state index is 0.550. The van der Waals surface area contributed by atoms with E-state index in [1.165, 1.54) is 10.4 Å². The Kier molecular flexibility index (Phi) is 3.51. The average molecular weight is 233 g/mol. The van der Waals surface area contributed by atoms with Gasteiger partial charge in [0.25, 0.3) is 0 Å². The van der Waals surface area contributed by atoms with Crippen LogP contribution in [-0.4, -0.2) is 9.97 Å². The van der Waals surface area contributed by atoms with Gasteiger partial charge in [0.2, 0.25) is 0 Å². The van der Waals surface area contributed by atoms with Crippen LogP contribution in [0.5, 0.6) is 0 Å². The number of nitrogens with one attached hydrogen (secondary N) is 1. The molecule has 0 amide bonds. The molecule has 0 atom stereocenters. The largest absolute Gasteiger partial charge is 0.357 e. The van der Waals surface area contributed by atoms with Gasteiger partial charge in [0.05, 0.1) is 0 Å². The Bertz CT molecular complexity index is 437. The van der Waals surface area contributed by atoms with Gasteiger partial charge >= 0.3 is 0 Å². The lowest BCUT2D eigenvalue weighted by Gasteiger charge is -2.01. The highest BCUT2D eigenvalue weighted by Crippen LogP contribution is 2.25. The second-order valence-electron chi connectivity index (χ2n) is 3.93. The number of pyridine rings is 1. The summed E-state index contributed by atoms with van der Waals surface area (Å²) in [4.78, 5) is 9.65. The Morgan fingerprint density at radius 3 is 2.69 bits per heavy atom. The zero-order chi connectivity index (χ0) is 11.4. The Hall–Kier alpha value is -1.42. The Morgan fingerprint density at radius 1 is 1.31 bits per heavy atom. The quantitative estimate of drug-likeness (QED) is 0.880. The summed E-state index contributed by atoms with van der Waals surface area (Å²) in [5.41, 5.74) is 1.22. The molecule has 0 aliphatic carbocycles. The summed E-state index contributed by atoms with van der Waals surface area (Å²) in [5.74, 6) is 0.550. The van der Waals surface area contributed by atoms with Gasteiger partial charge in [-0.3, -0.25) is 4.98 Å². The van der Waals surface area contributed by atoms with E-state index in [1.807, 2.05) is 18.3 Å². The van der Waals surface area contributed by atoms with E-state index in [9.17, 15) is 0 Å². The first-order valence-electron chi connectivity index (χ1n) is 5.34. The van der Waals surface area contributed by atoms with Gasteiger partial charge in [-0.05, 0) is 23.6 Å². The van der Waals surface area contributed by atoms with Crippen LogP contribution in [-0.2, 0) is 6.54 Å². The summed E-state index contributed by atoms with van der Waals surface area (Å²) in [5, 5.41) is 4.30. The number of nitrogens with zero attached hydrogens (tertiary/aromatic N) is 2. The Labute approximate surface area is 99.6 Å². The number of hydrogen-bond donors (Lipinski definition) is 1. The molecular weight excluding hydrogens is 218 g/mol. The van der Waals surface area contributed by atoms with Crippen LogP contribution in [0.15, 0.2) is 30.7 Å². The van der Waals surface area contributed by atoms with Gasteiger partial charge < -0.3 is 5.32 Å². The van der Waals surface area contributed by atoms with Gasteiger partial charge in [-0.25, -0.2) is 4.98 Å². The molecule has 0 radical (unpaired) electrons. The molecule has 2 heterocycles. The van der Waals surface area contributed by atoms with Crippen molar-refractivity contribution in [2.75, 3.05) is 5.32 Å². The molecule has 0 saturated heterocycles. The highest BCUT2D eigenvalue weighted by Gasteiger charge is 2.04. The molecule has 0 aliphatic heterocycles. The van der Waals surface area contributed by atoms with Gasteiger partial charge in [-0.15, -0.1) is 11.3 Å². The van der Waals surface area contributed by atoms with E-state index < -0.39 is 0 Å². The second-order valence-corrected chi connectivity index (χ2v) is 4.99. The third kappa shape index (κ3) is 2.79. The molecule has 0 aliphatic rings. The van der Waals surface area contributed by atoms with E-state index in [4.69, 9.17) is 0 Å². The van der Waals surface area contributed by atoms with Crippen molar-refractivity contribution in [3.05, 3.63) is 41.2 Å². The summed E-state index contributed by atoms with van der Waals surface area (Å²) in [7, 11) is 0. The van der Waals surface area contributed by atoms with E-state index in [2.05, 4.69) is 29.1 Å². The number of aromatic nitrogens is 2. The molecule has 0 unspecified atom stereocenters. The zero-order valence-electron chi connectivity index (χ0n) is 9.47. The fourth-order valence-electron chi connectivity index (χ4n) is 1.31. The first kappa shape index (κ1) is 11.1. The lowest BCUT2D eigenvalue weighted by molar-refractivity contribution is 0.885. The van der Waals surface area contributed by atoms with E-state index in [0.29, 0.717) is 5.92 Å². The second kappa shape index (κ2) is 5.07. The minimum Gasteiger partial charge on any atom is -0.357 e. The third-order valence-electron chi connectivity index (χ3n) is 2.29. The summed E-state index contributed by atoms with van der Waals surface area (Å²) >= 11 is 1.72. The molecule has 2 rings (SSSR count). The summed E-state index contributed by atoms with van der Waals surface area (Å²) < 4.78 is 0. The average Bonchev–Trinajstić information content (AvgIpc) is 2.76. The topological polar surface area (TPSA) is 37.8 Å². The predicted molar refractivity (Wildman–Crippen MR) is 67.8 cm³/mol. The van der Waals surface area contributed by atoms with E-state index >= 15 is 0 Å². The van der Waals surface area contributed by atoms with Crippen molar-refractivity contribution in [2.24, 2.45) is 0 Å². The van der Waals surface area contributed by atoms with Gasteiger partial charge in [0, 0.05) is 30.0 Å². The normalized spacial score (nSPS) is 10.7. The first-order chi connectivity index (χ1) is 7.75. The van der Waals surface area contributed by atoms with Crippen molar-refractivity contribution in [1.29, 1.82) is 0 Å². The van der Waals surface area contributed by atoms with Crippen molar-refractivity contribution in [2.45, 2.75) is 26.3 Å². The number of thiazole rings is 1. The highest BCUT2D eigenvalue weighted by atomic mass is 32.1. The van der Waals surface area contributed by atoms with Gasteiger partial charge in [0.1, 0.15) is 0 Å². The summed E-state index contributed by atoms with van der Waals surface area (Å²) in [6.45, 7) is 5.16. The van der Waals surface area contributed by atoms with E-state index in [0.717, 1.165) is 11.7 Å². The molecule has 4 heteroatoms. The lowest BCUT2D eigenvalue weighted by Crippen LogP contribution is -1.98. The predicted octanol–water partition coefficient (Wildman–Crippen LogP) is 3.27. The highest BCUT2D eigenvalue weighted by molar-refractivity contribution is 7.15. The molecule has 2 aromatic heterocycles. The third-order valence-corrected chi connectivity index (χ3v) is 3.54. The summed E-state index contributed by atoms with van der Waals surface area (Å²) in [6, 6.07) is 4.01. The molecule has 16 heavy (non-hydrogen) atoms. The van der Waals surface area contributed by atoms with Crippen LogP contribution in [0.2, 0.25) is 0 Å². The van der Waals surface area contributed by atoms with E-state index in [1.54, 1.807) is 23.7 Å². The maximum absolute atomic E-state index is 4.34. The molecule has 3 nitrogen and oxygen atoms in total. The van der Waals surface area contributed by atoms with Crippen molar-refractivity contribution >= 4 is 16.5 Å². The molecule has 0 saturated carbocycles. The monoisotopic (exact) mass is 233 g/mol. The van der Waals surface area contributed by atoms with Crippen molar-refractivity contribution in [3.8, 4) is 0 Å². The standard InChI is InChI=1S/C12H15N3S/c1-9(2)11-8-15-12(16-11)14-7-10-3-5-13-6-4-10/h3-6,8-9H,7H2,1-2H3,(H,14,15). The zero-order valence-corrected chi connectivity index (χ0v) is 10.3. The van der Waals surface area contributed by atoms with Crippen LogP contribution in [0.25, 0.3) is 0 Å². The van der Waals surface area contributed by atoms with Gasteiger partial charge in [0.15, 0.2) is 5.13 Å². The fraction of sp³-hybridized carbons (Fsp3) is 0.333. The van der Waals surface area contributed by atoms with Crippen LogP contribution in [0, 0.1) is 0 Å². The molecular formula is C12H15N3S. The molecule has 84 valence electrons. The van der Waals surface area contributed by atoms with Crippen molar-refractivity contribution in [3.63, 3.8) is 0 Å².